The zero-order valence-corrected chi connectivity index (χ0v) is 11.8. The SMILES string of the molecule is N#CC1CN(C(=O)c2sc3cccc(F)c3c2N)CCO1. The zero-order chi connectivity index (χ0) is 15.0. The summed E-state index contributed by atoms with van der Waals surface area (Å²) in [7, 11) is 0. The van der Waals surface area contributed by atoms with Gasteiger partial charge in [-0.2, -0.15) is 5.26 Å². The third kappa shape index (κ3) is 2.33. The Morgan fingerprint density at radius 2 is 2.38 bits per heavy atom. The topological polar surface area (TPSA) is 79.4 Å². The Balaban J connectivity index is 1.97. The van der Waals surface area contributed by atoms with Crippen molar-refractivity contribution in [3.8, 4) is 6.07 Å². The lowest BCUT2D eigenvalue weighted by Gasteiger charge is -2.29. The lowest BCUT2D eigenvalue weighted by atomic mass is 10.2. The van der Waals surface area contributed by atoms with Crippen LogP contribution in [-0.2, 0) is 4.74 Å². The highest BCUT2D eigenvalue weighted by molar-refractivity contribution is 7.21. The van der Waals surface area contributed by atoms with Gasteiger partial charge in [0.05, 0.1) is 30.3 Å². The lowest BCUT2D eigenvalue weighted by molar-refractivity contribution is 0.00374. The van der Waals surface area contributed by atoms with Crippen molar-refractivity contribution in [2.24, 2.45) is 0 Å². The van der Waals surface area contributed by atoms with Crippen LogP contribution < -0.4 is 5.73 Å². The van der Waals surface area contributed by atoms with Crippen molar-refractivity contribution in [3.05, 3.63) is 28.9 Å². The number of fused-ring (bicyclic) bond motifs is 1. The highest BCUT2D eigenvalue weighted by Gasteiger charge is 2.28. The van der Waals surface area contributed by atoms with E-state index in [0.29, 0.717) is 22.7 Å². The Morgan fingerprint density at radius 3 is 3.10 bits per heavy atom. The fourth-order valence-corrected chi connectivity index (χ4v) is 3.45. The average Bonchev–Trinajstić information content (AvgIpc) is 2.85. The van der Waals surface area contributed by atoms with Crippen molar-refractivity contribution in [2.45, 2.75) is 6.10 Å². The quantitative estimate of drug-likeness (QED) is 0.874. The summed E-state index contributed by atoms with van der Waals surface area (Å²) in [5.41, 5.74) is 6.11. The zero-order valence-electron chi connectivity index (χ0n) is 11.0. The van der Waals surface area contributed by atoms with Gasteiger partial charge in [-0.3, -0.25) is 4.79 Å². The minimum absolute atomic E-state index is 0.165. The molecule has 1 amide bonds. The molecule has 0 bridgehead atoms. The Bertz CT molecular complexity index is 752. The fourth-order valence-electron chi connectivity index (χ4n) is 2.34. The molecule has 108 valence electrons. The van der Waals surface area contributed by atoms with E-state index >= 15 is 0 Å². The number of hydrogen-bond donors (Lipinski definition) is 1. The van der Waals surface area contributed by atoms with Crippen LogP contribution in [0.4, 0.5) is 10.1 Å². The van der Waals surface area contributed by atoms with Gasteiger partial charge in [-0.25, -0.2) is 4.39 Å². The third-order valence-corrected chi connectivity index (χ3v) is 4.55. The number of rotatable bonds is 1. The molecule has 1 saturated heterocycles. The largest absolute Gasteiger partial charge is 0.397 e. The van der Waals surface area contributed by atoms with Crippen LogP contribution in [0.5, 0.6) is 0 Å². The second-order valence-electron chi connectivity index (χ2n) is 4.70. The van der Waals surface area contributed by atoms with Crippen molar-refractivity contribution in [3.63, 3.8) is 0 Å². The van der Waals surface area contributed by atoms with Gasteiger partial charge in [-0.1, -0.05) is 6.07 Å². The van der Waals surface area contributed by atoms with E-state index in [-0.39, 0.29) is 23.5 Å². The summed E-state index contributed by atoms with van der Waals surface area (Å²) in [6.45, 7) is 0.905. The molecule has 1 aromatic heterocycles. The van der Waals surface area contributed by atoms with Crippen molar-refractivity contribution in [1.29, 1.82) is 5.26 Å². The number of carbonyl (C=O) groups is 1. The molecule has 2 N–H and O–H groups in total. The van der Waals surface area contributed by atoms with Crippen molar-refractivity contribution >= 4 is 33.0 Å². The standard InChI is InChI=1S/C14H12FN3O2S/c15-9-2-1-3-10-11(9)12(17)13(21-10)14(19)18-4-5-20-8(6-16)7-18/h1-3,8H,4-5,7,17H2. The average molecular weight is 305 g/mol. The lowest BCUT2D eigenvalue weighted by Crippen LogP contribution is -2.45. The van der Waals surface area contributed by atoms with Gasteiger partial charge in [0.2, 0.25) is 0 Å². The number of ether oxygens (including phenoxy) is 1. The molecular formula is C14H12FN3O2S. The molecular weight excluding hydrogens is 293 g/mol. The van der Waals surface area contributed by atoms with E-state index < -0.39 is 11.9 Å². The number of nitrogens with two attached hydrogens (primary N) is 1. The summed E-state index contributed by atoms with van der Waals surface area (Å²) >= 11 is 1.17. The summed E-state index contributed by atoms with van der Waals surface area (Å²) in [6, 6.07) is 6.62. The first-order valence-electron chi connectivity index (χ1n) is 6.39. The minimum Gasteiger partial charge on any atom is -0.397 e. The number of morpholine rings is 1. The van der Waals surface area contributed by atoms with E-state index in [2.05, 4.69) is 0 Å². The van der Waals surface area contributed by atoms with Gasteiger partial charge in [0.1, 0.15) is 10.7 Å². The normalized spacial score (nSPS) is 18.7. The van der Waals surface area contributed by atoms with Gasteiger partial charge in [-0.15, -0.1) is 11.3 Å². The van der Waals surface area contributed by atoms with Crippen LogP contribution >= 0.6 is 11.3 Å². The molecule has 21 heavy (non-hydrogen) atoms. The number of nitrogens with zero attached hydrogens (tertiary/aromatic N) is 2. The van der Waals surface area contributed by atoms with Gasteiger partial charge < -0.3 is 15.4 Å². The monoisotopic (exact) mass is 305 g/mol. The van der Waals surface area contributed by atoms with Gasteiger partial charge in [-0.05, 0) is 12.1 Å². The van der Waals surface area contributed by atoms with E-state index in [0.717, 1.165) is 0 Å². The van der Waals surface area contributed by atoms with Crippen molar-refractivity contribution in [1.82, 2.24) is 4.90 Å². The number of anilines is 1. The predicted octanol–water partition coefficient (Wildman–Crippen LogP) is 1.99. The molecule has 2 aromatic rings. The summed E-state index contributed by atoms with van der Waals surface area (Å²) < 4.78 is 19.7. The smallest absolute Gasteiger partial charge is 0.266 e. The van der Waals surface area contributed by atoms with Crippen LogP contribution in [0.3, 0.4) is 0 Å². The highest BCUT2D eigenvalue weighted by atomic mass is 32.1. The number of benzene rings is 1. The van der Waals surface area contributed by atoms with E-state index in [9.17, 15) is 9.18 Å². The number of carbonyl (C=O) groups excluding carboxylic acids is 1. The second kappa shape index (κ2) is 5.31. The molecule has 1 aliphatic heterocycles. The molecule has 0 aliphatic carbocycles. The molecule has 0 spiro atoms. The molecule has 7 heteroatoms. The van der Waals surface area contributed by atoms with Crippen LogP contribution in [0.25, 0.3) is 10.1 Å². The molecule has 1 unspecified atom stereocenters. The molecule has 3 rings (SSSR count). The predicted molar refractivity (Wildman–Crippen MR) is 77.5 cm³/mol. The van der Waals surface area contributed by atoms with Crippen LogP contribution in [0.15, 0.2) is 18.2 Å². The number of nitriles is 1. The third-order valence-electron chi connectivity index (χ3n) is 3.39. The maximum Gasteiger partial charge on any atom is 0.266 e. The van der Waals surface area contributed by atoms with Gasteiger partial charge in [0, 0.05) is 11.2 Å². The molecule has 5 nitrogen and oxygen atoms in total. The maximum absolute atomic E-state index is 13.8. The van der Waals surface area contributed by atoms with Crippen molar-refractivity contribution in [2.75, 3.05) is 25.4 Å². The van der Waals surface area contributed by atoms with E-state index in [1.165, 1.54) is 22.3 Å². The van der Waals surface area contributed by atoms with Gasteiger partial charge in [0.25, 0.3) is 5.91 Å². The summed E-state index contributed by atoms with van der Waals surface area (Å²) in [5, 5.41) is 9.17. The summed E-state index contributed by atoms with van der Waals surface area (Å²) in [6.07, 6.45) is -0.630. The molecule has 1 fully saturated rings. The van der Waals surface area contributed by atoms with Crippen LogP contribution in [0.1, 0.15) is 9.67 Å². The number of hydrogen-bond acceptors (Lipinski definition) is 5. The first kappa shape index (κ1) is 13.8. The molecule has 2 heterocycles. The van der Waals surface area contributed by atoms with Crippen LogP contribution in [0, 0.1) is 17.1 Å². The van der Waals surface area contributed by atoms with Crippen molar-refractivity contribution < 1.29 is 13.9 Å². The van der Waals surface area contributed by atoms with Gasteiger partial charge >= 0.3 is 0 Å². The van der Waals surface area contributed by atoms with E-state index in [1.807, 2.05) is 6.07 Å². The number of nitrogen functional groups attached to an aromatic ring is 1. The van der Waals surface area contributed by atoms with Gasteiger partial charge in [0.15, 0.2) is 6.10 Å². The molecule has 0 saturated carbocycles. The Hall–Kier alpha value is -2.17. The minimum atomic E-state index is -0.630. The number of amides is 1. The Labute approximate surface area is 124 Å². The fraction of sp³-hybridized carbons (Fsp3) is 0.286. The second-order valence-corrected chi connectivity index (χ2v) is 5.75. The van der Waals surface area contributed by atoms with Crippen LogP contribution in [0.2, 0.25) is 0 Å². The summed E-state index contributed by atoms with van der Waals surface area (Å²) in [4.78, 5) is 14.4. The maximum atomic E-state index is 13.8. The molecule has 1 aliphatic rings. The Kier molecular flexibility index (Phi) is 3.49. The van der Waals surface area contributed by atoms with Crippen LogP contribution in [-0.4, -0.2) is 36.6 Å². The first-order chi connectivity index (χ1) is 10.1. The first-order valence-corrected chi connectivity index (χ1v) is 7.20. The highest BCUT2D eigenvalue weighted by Crippen LogP contribution is 2.36. The van der Waals surface area contributed by atoms with E-state index in [1.54, 1.807) is 12.1 Å². The Morgan fingerprint density at radius 1 is 1.57 bits per heavy atom. The molecule has 1 atom stereocenters. The number of thiophene rings is 1. The molecule has 0 radical (unpaired) electrons. The van der Waals surface area contributed by atoms with E-state index in [4.69, 9.17) is 15.7 Å². The number of halogens is 1. The molecule has 1 aromatic carbocycles. The summed E-state index contributed by atoms with van der Waals surface area (Å²) in [5.74, 6) is -0.714.